The van der Waals surface area contributed by atoms with Crippen LogP contribution >= 0.6 is 15.9 Å². The number of likely N-dealkylation sites (tertiary alicyclic amines) is 1. The average molecular weight is 407 g/mol. The van der Waals surface area contributed by atoms with Gasteiger partial charge in [-0.1, -0.05) is 40.2 Å². The predicted octanol–water partition coefficient (Wildman–Crippen LogP) is 3.43. The van der Waals surface area contributed by atoms with Crippen LogP contribution in [0, 0.1) is 0 Å². The van der Waals surface area contributed by atoms with Gasteiger partial charge in [-0.25, -0.2) is 4.39 Å². The van der Waals surface area contributed by atoms with Crippen molar-refractivity contribution in [3.8, 4) is 5.75 Å². The second kappa shape index (κ2) is 7.97. The van der Waals surface area contributed by atoms with Crippen molar-refractivity contribution < 1.29 is 13.9 Å². The molecule has 2 atom stereocenters. The Hall–Kier alpha value is -1.92. The van der Waals surface area contributed by atoms with Crippen LogP contribution in [0.25, 0.3) is 0 Å². The number of benzene rings is 2. The quantitative estimate of drug-likeness (QED) is 0.799. The van der Waals surface area contributed by atoms with Gasteiger partial charge in [0, 0.05) is 24.0 Å². The molecule has 0 unspecified atom stereocenters. The molecule has 0 spiro atoms. The average Bonchev–Trinajstić information content (AvgIpc) is 2.95. The van der Waals surface area contributed by atoms with Gasteiger partial charge in [0.15, 0.2) is 0 Å². The summed E-state index contributed by atoms with van der Waals surface area (Å²) in [5, 5.41) is 0. The maximum Gasteiger partial charge on any atom is 0.234 e. The Labute approximate surface area is 154 Å². The highest BCUT2D eigenvalue weighted by atomic mass is 79.9. The summed E-state index contributed by atoms with van der Waals surface area (Å²) >= 11 is 3.44. The van der Waals surface area contributed by atoms with E-state index < -0.39 is 18.1 Å². The van der Waals surface area contributed by atoms with Crippen molar-refractivity contribution in [1.82, 2.24) is 4.90 Å². The monoisotopic (exact) mass is 406 g/mol. The number of amides is 1. The molecule has 132 valence electrons. The Balaban J connectivity index is 1.58. The van der Waals surface area contributed by atoms with E-state index in [-0.39, 0.29) is 13.0 Å². The van der Waals surface area contributed by atoms with Crippen LogP contribution in [0.15, 0.2) is 53.0 Å². The summed E-state index contributed by atoms with van der Waals surface area (Å²) in [7, 11) is 0. The van der Waals surface area contributed by atoms with Gasteiger partial charge in [-0.3, -0.25) is 9.69 Å². The summed E-state index contributed by atoms with van der Waals surface area (Å²) in [5.41, 5.74) is 7.44. The third-order valence-corrected chi connectivity index (χ3v) is 4.78. The van der Waals surface area contributed by atoms with Crippen LogP contribution in [-0.4, -0.2) is 29.6 Å². The largest absolute Gasteiger partial charge is 0.489 e. The molecule has 1 amide bonds. The summed E-state index contributed by atoms with van der Waals surface area (Å²) in [6.07, 6.45) is -0.811. The number of carbonyl (C=O) groups excluding carboxylic acids is 1. The SMILES string of the molecule is NC(=O)[C@@H]1C[C@H](F)CN1Cc1ccc(OCc2cccc(Br)c2)cc1. The number of nitrogens with zero attached hydrogens (tertiary/aromatic N) is 1. The minimum atomic E-state index is -0.995. The van der Waals surface area contributed by atoms with Crippen LogP contribution in [0.2, 0.25) is 0 Å². The number of primary amides is 1. The lowest BCUT2D eigenvalue weighted by atomic mass is 10.1. The molecule has 1 fully saturated rings. The van der Waals surface area contributed by atoms with Gasteiger partial charge in [-0.2, -0.15) is 0 Å². The van der Waals surface area contributed by atoms with Crippen molar-refractivity contribution in [3.63, 3.8) is 0 Å². The predicted molar refractivity (Wildman–Crippen MR) is 97.8 cm³/mol. The van der Waals surface area contributed by atoms with Crippen LogP contribution < -0.4 is 10.5 Å². The van der Waals surface area contributed by atoms with E-state index in [4.69, 9.17) is 10.5 Å². The fourth-order valence-corrected chi connectivity index (χ4v) is 3.48. The highest BCUT2D eigenvalue weighted by molar-refractivity contribution is 9.10. The highest BCUT2D eigenvalue weighted by Crippen LogP contribution is 2.23. The smallest absolute Gasteiger partial charge is 0.234 e. The molecule has 0 aromatic heterocycles. The lowest BCUT2D eigenvalue weighted by molar-refractivity contribution is -0.122. The minimum Gasteiger partial charge on any atom is -0.489 e. The van der Waals surface area contributed by atoms with Gasteiger partial charge in [-0.15, -0.1) is 0 Å². The molecule has 1 aliphatic heterocycles. The molecule has 0 radical (unpaired) electrons. The molecule has 0 bridgehead atoms. The molecule has 0 saturated carbocycles. The molecule has 1 heterocycles. The van der Waals surface area contributed by atoms with Crippen molar-refractivity contribution in [1.29, 1.82) is 0 Å². The molecule has 2 N–H and O–H groups in total. The number of alkyl halides is 1. The fourth-order valence-electron chi connectivity index (χ4n) is 3.04. The van der Waals surface area contributed by atoms with E-state index in [0.717, 1.165) is 21.3 Å². The first-order valence-electron chi connectivity index (χ1n) is 8.15. The lowest BCUT2D eigenvalue weighted by Gasteiger charge is -2.21. The first-order valence-corrected chi connectivity index (χ1v) is 8.94. The Kier molecular flexibility index (Phi) is 5.71. The van der Waals surface area contributed by atoms with E-state index in [0.29, 0.717) is 13.2 Å². The van der Waals surface area contributed by atoms with E-state index in [1.807, 2.05) is 48.5 Å². The maximum atomic E-state index is 13.6. The second-order valence-electron chi connectivity index (χ2n) is 6.24. The van der Waals surface area contributed by atoms with Crippen molar-refractivity contribution in [2.24, 2.45) is 5.73 Å². The minimum absolute atomic E-state index is 0.184. The number of carbonyl (C=O) groups is 1. The number of ether oxygens (including phenoxy) is 1. The van der Waals surface area contributed by atoms with Gasteiger partial charge in [0.1, 0.15) is 18.5 Å². The van der Waals surface area contributed by atoms with Gasteiger partial charge in [-0.05, 0) is 35.4 Å². The molecule has 2 aromatic rings. The van der Waals surface area contributed by atoms with Gasteiger partial charge in [0.05, 0.1) is 6.04 Å². The standard InChI is InChI=1S/C19H20BrFN2O2/c20-15-3-1-2-14(8-15)12-25-17-6-4-13(5-7-17)10-23-11-16(21)9-18(23)19(22)24/h1-8,16,18H,9-12H2,(H2,22,24)/t16-,18-/m0/s1. The highest BCUT2D eigenvalue weighted by Gasteiger charge is 2.35. The zero-order valence-corrected chi connectivity index (χ0v) is 15.3. The van der Waals surface area contributed by atoms with E-state index in [9.17, 15) is 9.18 Å². The van der Waals surface area contributed by atoms with Crippen molar-refractivity contribution >= 4 is 21.8 Å². The number of hydrogen-bond acceptors (Lipinski definition) is 3. The number of halogens is 2. The molecule has 4 nitrogen and oxygen atoms in total. The summed E-state index contributed by atoms with van der Waals surface area (Å²) in [4.78, 5) is 13.2. The van der Waals surface area contributed by atoms with Crippen LogP contribution in [0.4, 0.5) is 4.39 Å². The zero-order valence-electron chi connectivity index (χ0n) is 13.7. The van der Waals surface area contributed by atoms with Crippen LogP contribution in [-0.2, 0) is 17.9 Å². The molecule has 2 aromatic carbocycles. The number of hydrogen-bond donors (Lipinski definition) is 1. The summed E-state index contributed by atoms with van der Waals surface area (Å²) < 4.78 is 20.4. The molecule has 3 rings (SSSR count). The third kappa shape index (κ3) is 4.80. The van der Waals surface area contributed by atoms with Crippen LogP contribution in [0.3, 0.4) is 0 Å². The Bertz CT molecular complexity index is 738. The molecule has 6 heteroatoms. The number of nitrogens with two attached hydrogens (primary N) is 1. The van der Waals surface area contributed by atoms with Gasteiger partial charge >= 0.3 is 0 Å². The topological polar surface area (TPSA) is 55.6 Å². The van der Waals surface area contributed by atoms with E-state index in [2.05, 4.69) is 15.9 Å². The summed E-state index contributed by atoms with van der Waals surface area (Å²) in [6, 6.07) is 15.1. The first kappa shape index (κ1) is 17.9. The van der Waals surface area contributed by atoms with Crippen molar-refractivity contribution in [2.75, 3.05) is 6.54 Å². The normalized spacial score (nSPS) is 20.6. The van der Waals surface area contributed by atoms with Gasteiger partial charge < -0.3 is 10.5 Å². The van der Waals surface area contributed by atoms with Crippen LogP contribution in [0.5, 0.6) is 5.75 Å². The Morgan fingerprint density at radius 3 is 2.68 bits per heavy atom. The maximum absolute atomic E-state index is 13.6. The van der Waals surface area contributed by atoms with Crippen LogP contribution in [0.1, 0.15) is 17.5 Å². The fraction of sp³-hybridized carbons (Fsp3) is 0.316. The van der Waals surface area contributed by atoms with Crippen molar-refractivity contribution in [2.45, 2.75) is 31.8 Å². The number of rotatable bonds is 6. The molecular weight excluding hydrogens is 387 g/mol. The molecule has 1 saturated heterocycles. The van der Waals surface area contributed by atoms with Gasteiger partial charge in [0.2, 0.25) is 5.91 Å². The summed E-state index contributed by atoms with van der Waals surface area (Å²) in [5.74, 6) is 0.300. The Morgan fingerprint density at radius 1 is 1.24 bits per heavy atom. The molecule has 25 heavy (non-hydrogen) atoms. The molecule has 0 aliphatic carbocycles. The molecular formula is C19H20BrFN2O2. The Morgan fingerprint density at radius 2 is 2.00 bits per heavy atom. The van der Waals surface area contributed by atoms with Crippen molar-refractivity contribution in [3.05, 3.63) is 64.1 Å². The summed E-state index contributed by atoms with van der Waals surface area (Å²) in [6.45, 7) is 1.23. The van der Waals surface area contributed by atoms with E-state index in [1.165, 1.54) is 0 Å². The van der Waals surface area contributed by atoms with E-state index >= 15 is 0 Å². The first-order chi connectivity index (χ1) is 12.0. The zero-order chi connectivity index (χ0) is 17.8. The molecule has 1 aliphatic rings. The lowest BCUT2D eigenvalue weighted by Crippen LogP contribution is -2.39. The van der Waals surface area contributed by atoms with Gasteiger partial charge in [0.25, 0.3) is 0 Å². The van der Waals surface area contributed by atoms with E-state index in [1.54, 1.807) is 4.90 Å². The second-order valence-corrected chi connectivity index (χ2v) is 7.16. The third-order valence-electron chi connectivity index (χ3n) is 4.28.